The van der Waals surface area contributed by atoms with Crippen LogP contribution in [0.25, 0.3) is 0 Å². The molecule has 1 saturated heterocycles. The molecule has 1 heterocycles. The first-order valence-electron chi connectivity index (χ1n) is 2.97. The second-order valence-corrected chi connectivity index (χ2v) is 4.01. The lowest BCUT2D eigenvalue weighted by Crippen LogP contribution is -2.29. The van der Waals surface area contributed by atoms with Crippen LogP contribution < -0.4 is 0 Å². The van der Waals surface area contributed by atoms with Gasteiger partial charge in [0.05, 0.1) is 0 Å². The molecule has 1 aliphatic rings. The van der Waals surface area contributed by atoms with Crippen LogP contribution in [0.1, 0.15) is 20.8 Å². The fourth-order valence-corrected chi connectivity index (χ4v) is 1.93. The Hall–Kier alpha value is -0.130. The molecule has 60 valence electrons. The quantitative estimate of drug-likeness (QED) is 0.524. The molecule has 0 aliphatic carbocycles. The van der Waals surface area contributed by atoms with E-state index in [0.29, 0.717) is 0 Å². The molecule has 0 radical (unpaired) electrons. The second kappa shape index (κ2) is 1.93. The van der Waals surface area contributed by atoms with Crippen molar-refractivity contribution in [1.29, 1.82) is 0 Å². The number of hydrogen-bond donors (Lipinski definition) is 0. The summed E-state index contributed by atoms with van der Waals surface area (Å²) in [5, 5.41) is 0. The van der Waals surface area contributed by atoms with Gasteiger partial charge in [0.25, 0.3) is 0 Å². The van der Waals surface area contributed by atoms with E-state index in [1.807, 2.05) is 0 Å². The Labute approximate surface area is 60.5 Å². The maximum absolute atomic E-state index is 10.6. The van der Waals surface area contributed by atoms with Gasteiger partial charge in [-0.15, -0.1) is 0 Å². The predicted octanol–water partition coefficient (Wildman–Crippen LogP) is 0.445. The molecule has 0 aromatic carbocycles. The summed E-state index contributed by atoms with van der Waals surface area (Å²) >= 11 is 0. The van der Waals surface area contributed by atoms with Crippen molar-refractivity contribution in [3.8, 4) is 0 Å². The Kier molecular flexibility index (Phi) is 1.54. The molecule has 5 heteroatoms. The fourth-order valence-electron chi connectivity index (χ4n) is 0.643. The molecule has 0 aromatic heterocycles. The molecule has 10 heavy (non-hydrogen) atoms. The van der Waals surface area contributed by atoms with Gasteiger partial charge in [0, 0.05) is 0 Å². The van der Waals surface area contributed by atoms with Crippen molar-refractivity contribution in [3.05, 3.63) is 0 Å². The summed E-state index contributed by atoms with van der Waals surface area (Å²) in [5.41, 5.74) is -0.723. The lowest BCUT2D eigenvalue weighted by atomic mass is 10.0. The van der Waals surface area contributed by atoms with Crippen LogP contribution in [0, 0.1) is 0 Å². The Balaban J connectivity index is 2.92. The van der Waals surface area contributed by atoms with Crippen molar-refractivity contribution >= 4 is 10.4 Å². The Morgan fingerprint density at radius 2 is 1.90 bits per heavy atom. The molecule has 1 fully saturated rings. The number of hydrogen-bond acceptors (Lipinski definition) is 4. The van der Waals surface area contributed by atoms with Crippen LogP contribution in [0.4, 0.5) is 0 Å². The summed E-state index contributed by atoms with van der Waals surface area (Å²) in [7, 11) is -3.70. The normalized spacial score (nSPS) is 36.1. The highest BCUT2D eigenvalue weighted by Crippen LogP contribution is 2.29. The summed E-state index contributed by atoms with van der Waals surface area (Å²) in [5.74, 6) is 0. The van der Waals surface area contributed by atoms with Gasteiger partial charge in [-0.25, -0.2) is 8.37 Å². The van der Waals surface area contributed by atoms with Crippen molar-refractivity contribution in [2.24, 2.45) is 0 Å². The van der Waals surface area contributed by atoms with Gasteiger partial charge >= 0.3 is 10.4 Å². The van der Waals surface area contributed by atoms with Crippen LogP contribution in [-0.4, -0.2) is 20.1 Å². The molecule has 0 saturated carbocycles. The SMILES string of the molecule is CC1OS(=O)(=O)OC1(C)C. The van der Waals surface area contributed by atoms with E-state index < -0.39 is 22.1 Å². The van der Waals surface area contributed by atoms with Crippen LogP contribution >= 0.6 is 0 Å². The van der Waals surface area contributed by atoms with Gasteiger partial charge in [-0.1, -0.05) is 0 Å². The van der Waals surface area contributed by atoms with Crippen molar-refractivity contribution in [2.75, 3.05) is 0 Å². The van der Waals surface area contributed by atoms with Crippen LogP contribution in [0.2, 0.25) is 0 Å². The summed E-state index contributed by atoms with van der Waals surface area (Å²) in [4.78, 5) is 0. The van der Waals surface area contributed by atoms with Crippen LogP contribution in [-0.2, 0) is 18.8 Å². The van der Waals surface area contributed by atoms with E-state index in [-0.39, 0.29) is 0 Å². The lowest BCUT2D eigenvalue weighted by Gasteiger charge is -2.15. The van der Waals surface area contributed by atoms with E-state index in [4.69, 9.17) is 0 Å². The van der Waals surface area contributed by atoms with Crippen molar-refractivity contribution < 1.29 is 16.8 Å². The average Bonchev–Trinajstić information content (AvgIpc) is 1.73. The molecule has 0 amide bonds. The highest BCUT2D eigenvalue weighted by Gasteiger charge is 2.43. The van der Waals surface area contributed by atoms with Crippen molar-refractivity contribution in [3.63, 3.8) is 0 Å². The zero-order chi connectivity index (χ0) is 7.99. The van der Waals surface area contributed by atoms with Gasteiger partial charge in [0.1, 0.15) is 11.7 Å². The first-order chi connectivity index (χ1) is 4.33. The third-order valence-corrected chi connectivity index (χ3v) is 2.72. The minimum Gasteiger partial charge on any atom is -0.242 e. The van der Waals surface area contributed by atoms with Crippen molar-refractivity contribution in [2.45, 2.75) is 32.5 Å². The van der Waals surface area contributed by atoms with Gasteiger partial charge < -0.3 is 0 Å². The maximum Gasteiger partial charge on any atom is 0.400 e. The monoisotopic (exact) mass is 166 g/mol. The van der Waals surface area contributed by atoms with Gasteiger partial charge in [0.15, 0.2) is 0 Å². The Morgan fingerprint density at radius 3 is 2.00 bits per heavy atom. The zero-order valence-electron chi connectivity index (χ0n) is 6.12. The van der Waals surface area contributed by atoms with Gasteiger partial charge in [-0.3, -0.25) is 0 Å². The van der Waals surface area contributed by atoms with E-state index in [9.17, 15) is 8.42 Å². The first-order valence-corrected chi connectivity index (χ1v) is 4.31. The Bertz CT molecular complexity index is 228. The zero-order valence-corrected chi connectivity index (χ0v) is 6.94. The number of rotatable bonds is 0. The average molecular weight is 166 g/mol. The molecule has 1 atom stereocenters. The lowest BCUT2D eigenvalue weighted by molar-refractivity contribution is 0.0848. The Morgan fingerprint density at radius 1 is 1.40 bits per heavy atom. The van der Waals surface area contributed by atoms with Gasteiger partial charge in [-0.2, -0.15) is 8.42 Å². The second-order valence-electron chi connectivity index (χ2n) is 2.83. The topological polar surface area (TPSA) is 52.6 Å². The molecule has 0 N–H and O–H groups in total. The molecule has 0 spiro atoms. The van der Waals surface area contributed by atoms with Crippen LogP contribution in [0.5, 0.6) is 0 Å². The molecular weight excluding hydrogens is 156 g/mol. The highest BCUT2D eigenvalue weighted by molar-refractivity contribution is 7.82. The molecule has 4 nitrogen and oxygen atoms in total. The van der Waals surface area contributed by atoms with Crippen LogP contribution in [0.15, 0.2) is 0 Å². The standard InChI is InChI=1S/C5H10O4S/c1-4-5(2,3)9-10(6,7)8-4/h4H,1-3H3. The molecule has 0 bridgehead atoms. The summed E-state index contributed by atoms with van der Waals surface area (Å²) in [6, 6.07) is 0. The van der Waals surface area contributed by atoms with Crippen molar-refractivity contribution in [1.82, 2.24) is 0 Å². The first kappa shape index (κ1) is 7.97. The third-order valence-electron chi connectivity index (χ3n) is 1.56. The summed E-state index contributed by atoms with van der Waals surface area (Å²) in [6.45, 7) is 5.00. The predicted molar refractivity (Wildman–Crippen MR) is 34.6 cm³/mol. The van der Waals surface area contributed by atoms with Gasteiger partial charge in [-0.05, 0) is 20.8 Å². The fraction of sp³-hybridized carbons (Fsp3) is 1.00. The van der Waals surface area contributed by atoms with E-state index in [1.165, 1.54) is 0 Å². The smallest absolute Gasteiger partial charge is 0.242 e. The molecule has 1 unspecified atom stereocenters. The van der Waals surface area contributed by atoms with E-state index in [2.05, 4.69) is 8.37 Å². The highest BCUT2D eigenvalue weighted by atomic mass is 32.3. The maximum atomic E-state index is 10.6. The molecule has 0 aromatic rings. The summed E-state index contributed by atoms with van der Waals surface area (Å²) in [6.07, 6.45) is -0.405. The minimum atomic E-state index is -3.70. The minimum absolute atomic E-state index is 0.405. The third kappa shape index (κ3) is 1.31. The summed E-state index contributed by atoms with van der Waals surface area (Å²) < 4.78 is 30.3. The largest absolute Gasteiger partial charge is 0.400 e. The van der Waals surface area contributed by atoms with E-state index >= 15 is 0 Å². The molecule has 1 aliphatic heterocycles. The van der Waals surface area contributed by atoms with E-state index in [0.717, 1.165) is 0 Å². The molecular formula is C5H10O4S. The molecule has 1 rings (SSSR count). The van der Waals surface area contributed by atoms with Gasteiger partial charge in [0.2, 0.25) is 0 Å². The van der Waals surface area contributed by atoms with E-state index in [1.54, 1.807) is 20.8 Å². The van der Waals surface area contributed by atoms with Crippen LogP contribution in [0.3, 0.4) is 0 Å².